The van der Waals surface area contributed by atoms with Crippen molar-refractivity contribution in [1.82, 2.24) is 9.80 Å². The summed E-state index contributed by atoms with van der Waals surface area (Å²) in [5.41, 5.74) is 3.35. The maximum atomic E-state index is 13.1. The minimum Gasteiger partial charge on any atom is -0.378 e. The van der Waals surface area contributed by atoms with Crippen molar-refractivity contribution < 1.29 is 14.3 Å². The van der Waals surface area contributed by atoms with Gasteiger partial charge in [0.25, 0.3) is 0 Å². The first-order valence-electron chi connectivity index (χ1n) is 11.6. The molecule has 2 fully saturated rings. The Bertz CT molecular complexity index is 894. The molecule has 2 amide bonds. The first-order chi connectivity index (χ1) is 15.6. The first-order valence-corrected chi connectivity index (χ1v) is 11.6. The van der Waals surface area contributed by atoms with Gasteiger partial charge in [-0.25, -0.2) is 0 Å². The monoisotopic (exact) mass is 435 g/mol. The average molecular weight is 436 g/mol. The van der Waals surface area contributed by atoms with Gasteiger partial charge in [-0.3, -0.25) is 14.5 Å². The maximum absolute atomic E-state index is 13.1. The van der Waals surface area contributed by atoms with Crippen LogP contribution in [-0.2, 0) is 20.7 Å². The number of likely N-dealkylation sites (tertiary alicyclic amines) is 1. The number of para-hydroxylation sites is 1. The molecule has 2 aromatic rings. The van der Waals surface area contributed by atoms with E-state index in [1.807, 2.05) is 35.2 Å². The fraction of sp³-hybridized carbons (Fsp3) is 0.462. The molecule has 2 unspecified atom stereocenters. The predicted molar refractivity (Wildman–Crippen MR) is 126 cm³/mol. The molecule has 0 spiro atoms. The first kappa shape index (κ1) is 22.5. The van der Waals surface area contributed by atoms with Gasteiger partial charge in [0, 0.05) is 31.9 Å². The Hall–Kier alpha value is -2.70. The second-order valence-electron chi connectivity index (χ2n) is 8.77. The second-order valence-corrected chi connectivity index (χ2v) is 8.77. The third-order valence-corrected chi connectivity index (χ3v) is 6.52. The molecule has 2 saturated heterocycles. The normalized spacial score (nSPS) is 21.8. The van der Waals surface area contributed by atoms with Crippen molar-refractivity contribution in [1.29, 1.82) is 0 Å². The number of carbonyl (C=O) groups is 2. The third-order valence-electron chi connectivity index (χ3n) is 6.52. The number of aryl methyl sites for hydroxylation is 1. The fourth-order valence-electron chi connectivity index (χ4n) is 4.65. The van der Waals surface area contributed by atoms with Crippen LogP contribution >= 0.6 is 0 Å². The average Bonchev–Trinajstić information content (AvgIpc) is 2.85. The summed E-state index contributed by atoms with van der Waals surface area (Å²) in [6.07, 6.45) is 1.79. The molecule has 6 nitrogen and oxygen atoms in total. The summed E-state index contributed by atoms with van der Waals surface area (Å²) >= 11 is 0. The van der Waals surface area contributed by atoms with Gasteiger partial charge in [-0.1, -0.05) is 49.4 Å². The molecule has 0 radical (unpaired) electrons. The van der Waals surface area contributed by atoms with Crippen LogP contribution in [0.15, 0.2) is 54.6 Å². The Labute approximate surface area is 190 Å². The van der Waals surface area contributed by atoms with Crippen LogP contribution in [0.25, 0.3) is 0 Å². The summed E-state index contributed by atoms with van der Waals surface area (Å²) in [7, 11) is 0. The highest BCUT2D eigenvalue weighted by Crippen LogP contribution is 2.31. The molecule has 1 N–H and O–H groups in total. The van der Waals surface area contributed by atoms with Crippen LogP contribution in [0.1, 0.15) is 30.4 Å². The van der Waals surface area contributed by atoms with Crippen molar-refractivity contribution >= 4 is 17.5 Å². The molecule has 2 aromatic carbocycles. The number of benzene rings is 2. The summed E-state index contributed by atoms with van der Waals surface area (Å²) in [6.45, 7) is 6.37. The third kappa shape index (κ3) is 5.75. The smallest absolute Gasteiger partial charge is 0.236 e. The summed E-state index contributed by atoms with van der Waals surface area (Å²) in [4.78, 5) is 30.1. The number of hydrogen-bond acceptors (Lipinski definition) is 4. The molecule has 0 saturated carbocycles. The number of nitrogens with zero attached hydrogens (tertiary/aromatic N) is 2. The highest BCUT2D eigenvalue weighted by Gasteiger charge is 2.34. The second kappa shape index (κ2) is 10.7. The molecule has 0 aliphatic carbocycles. The molecular formula is C26H33N3O3. The molecule has 4 rings (SSSR count). The lowest BCUT2D eigenvalue weighted by molar-refractivity contribution is -0.137. The molecular weight excluding hydrogens is 402 g/mol. The van der Waals surface area contributed by atoms with Crippen molar-refractivity contribution in [2.24, 2.45) is 5.92 Å². The van der Waals surface area contributed by atoms with E-state index in [1.54, 1.807) is 0 Å². The highest BCUT2D eigenvalue weighted by atomic mass is 16.5. The number of morpholine rings is 1. The van der Waals surface area contributed by atoms with E-state index in [1.165, 1.54) is 11.1 Å². The molecule has 2 aliphatic heterocycles. The topological polar surface area (TPSA) is 61.9 Å². The van der Waals surface area contributed by atoms with Crippen LogP contribution in [0.4, 0.5) is 5.69 Å². The summed E-state index contributed by atoms with van der Waals surface area (Å²) in [5, 5.41) is 3.06. The van der Waals surface area contributed by atoms with Gasteiger partial charge in [0.1, 0.15) is 0 Å². The van der Waals surface area contributed by atoms with Gasteiger partial charge in [-0.2, -0.15) is 0 Å². The van der Waals surface area contributed by atoms with Crippen molar-refractivity contribution in [3.05, 3.63) is 65.7 Å². The zero-order valence-corrected chi connectivity index (χ0v) is 18.8. The van der Waals surface area contributed by atoms with Gasteiger partial charge in [-0.15, -0.1) is 0 Å². The van der Waals surface area contributed by atoms with Crippen molar-refractivity contribution in [2.75, 3.05) is 51.3 Å². The van der Waals surface area contributed by atoms with Gasteiger partial charge in [0.15, 0.2) is 0 Å². The van der Waals surface area contributed by atoms with Crippen LogP contribution in [-0.4, -0.2) is 67.6 Å². The number of piperidine rings is 1. The van der Waals surface area contributed by atoms with E-state index in [4.69, 9.17) is 4.74 Å². The van der Waals surface area contributed by atoms with Gasteiger partial charge >= 0.3 is 0 Å². The zero-order chi connectivity index (χ0) is 22.3. The fourth-order valence-corrected chi connectivity index (χ4v) is 4.65. The zero-order valence-electron chi connectivity index (χ0n) is 18.8. The summed E-state index contributed by atoms with van der Waals surface area (Å²) < 4.78 is 5.38. The minimum atomic E-state index is -0.169. The molecule has 6 heteroatoms. The highest BCUT2D eigenvalue weighted by molar-refractivity contribution is 5.92. The van der Waals surface area contributed by atoms with E-state index >= 15 is 0 Å². The lowest BCUT2D eigenvalue weighted by atomic mass is 9.83. The molecule has 2 aliphatic rings. The number of nitrogens with one attached hydrogen (secondary N) is 1. The van der Waals surface area contributed by atoms with E-state index in [0.717, 1.165) is 25.1 Å². The van der Waals surface area contributed by atoms with E-state index in [2.05, 4.69) is 41.4 Å². The van der Waals surface area contributed by atoms with Gasteiger partial charge in [0.05, 0.1) is 25.7 Å². The quantitative estimate of drug-likeness (QED) is 0.757. The van der Waals surface area contributed by atoms with Crippen LogP contribution in [0.3, 0.4) is 0 Å². The van der Waals surface area contributed by atoms with Crippen LogP contribution < -0.4 is 5.32 Å². The van der Waals surface area contributed by atoms with E-state index < -0.39 is 0 Å². The molecule has 2 heterocycles. The standard InChI is InChI=1S/C26H33N3O3/c1-2-20-8-10-21(11-9-20)22-16-23(26(31)27-24-6-4-3-5-7-24)18-28(17-22)19-25(30)29-12-14-32-15-13-29/h3-11,22-23H,2,12-19H2,1H3,(H,27,31). The van der Waals surface area contributed by atoms with Crippen LogP contribution in [0, 0.1) is 5.92 Å². The van der Waals surface area contributed by atoms with Crippen LogP contribution in [0.2, 0.25) is 0 Å². The number of rotatable bonds is 6. The van der Waals surface area contributed by atoms with Gasteiger partial charge in [-0.05, 0) is 42.0 Å². The summed E-state index contributed by atoms with van der Waals surface area (Å²) in [5.74, 6) is 0.198. The maximum Gasteiger partial charge on any atom is 0.236 e. The molecule has 0 bridgehead atoms. The molecule has 2 atom stereocenters. The molecule has 170 valence electrons. The van der Waals surface area contributed by atoms with Gasteiger partial charge in [0.2, 0.25) is 11.8 Å². The van der Waals surface area contributed by atoms with E-state index in [0.29, 0.717) is 39.4 Å². The van der Waals surface area contributed by atoms with Crippen molar-refractivity contribution in [3.8, 4) is 0 Å². The SMILES string of the molecule is CCc1ccc(C2CC(C(=O)Nc3ccccc3)CN(CC(=O)N3CCOCC3)C2)cc1. The van der Waals surface area contributed by atoms with Crippen molar-refractivity contribution in [3.63, 3.8) is 0 Å². The Morgan fingerprint density at radius 2 is 1.72 bits per heavy atom. The Morgan fingerprint density at radius 1 is 1.00 bits per heavy atom. The largest absolute Gasteiger partial charge is 0.378 e. The van der Waals surface area contributed by atoms with Gasteiger partial charge < -0.3 is 15.0 Å². The van der Waals surface area contributed by atoms with E-state index in [-0.39, 0.29) is 23.7 Å². The number of carbonyl (C=O) groups excluding carboxylic acids is 2. The number of ether oxygens (including phenoxy) is 1. The lowest BCUT2D eigenvalue weighted by Crippen LogP contribution is -2.50. The minimum absolute atomic E-state index is 0.0231. The number of amides is 2. The Kier molecular flexibility index (Phi) is 7.55. The van der Waals surface area contributed by atoms with E-state index in [9.17, 15) is 9.59 Å². The lowest BCUT2D eigenvalue weighted by Gasteiger charge is -2.38. The Morgan fingerprint density at radius 3 is 2.41 bits per heavy atom. The number of anilines is 1. The molecule has 0 aromatic heterocycles. The predicted octanol–water partition coefficient (Wildman–Crippen LogP) is 3.15. The molecule has 32 heavy (non-hydrogen) atoms. The number of hydrogen-bond donors (Lipinski definition) is 1. The summed E-state index contributed by atoms with van der Waals surface area (Å²) in [6, 6.07) is 18.3. The van der Waals surface area contributed by atoms with Crippen LogP contribution in [0.5, 0.6) is 0 Å². The van der Waals surface area contributed by atoms with Crippen molar-refractivity contribution in [2.45, 2.75) is 25.7 Å². The Balaban J connectivity index is 1.48.